The van der Waals surface area contributed by atoms with Gasteiger partial charge >= 0.3 is 0 Å². The molecule has 0 bridgehead atoms. The zero-order chi connectivity index (χ0) is 15.2. The van der Waals surface area contributed by atoms with Crippen LogP contribution in [0.3, 0.4) is 0 Å². The Morgan fingerprint density at radius 1 is 1.25 bits per heavy atom. The summed E-state index contributed by atoms with van der Waals surface area (Å²) in [5.41, 5.74) is -0.0960. The maximum Gasteiger partial charge on any atom is 0.256 e. The van der Waals surface area contributed by atoms with Crippen molar-refractivity contribution in [2.24, 2.45) is 5.92 Å². The fourth-order valence-corrected chi connectivity index (χ4v) is 1.61. The Morgan fingerprint density at radius 3 is 2.35 bits per heavy atom. The van der Waals surface area contributed by atoms with E-state index in [1.807, 2.05) is 31.2 Å². The van der Waals surface area contributed by atoms with Gasteiger partial charge in [0, 0.05) is 12.3 Å². The van der Waals surface area contributed by atoms with E-state index in [1.165, 1.54) is 0 Å². The molecule has 0 aliphatic heterocycles. The summed E-state index contributed by atoms with van der Waals surface area (Å²) < 4.78 is 11.0. The van der Waals surface area contributed by atoms with Crippen LogP contribution in [0.5, 0.6) is 5.75 Å². The number of benzene rings is 1. The van der Waals surface area contributed by atoms with Gasteiger partial charge in [-0.3, -0.25) is 4.79 Å². The van der Waals surface area contributed by atoms with Crippen LogP contribution in [0, 0.1) is 5.92 Å². The number of carbonyl (C=O) groups is 1. The number of ether oxygens (including phenoxy) is 2. The lowest BCUT2D eigenvalue weighted by atomic mass is 10.1. The average Bonchev–Trinajstić information content (AvgIpc) is 2.37. The van der Waals surface area contributed by atoms with Gasteiger partial charge in [0.2, 0.25) is 0 Å². The van der Waals surface area contributed by atoms with Crippen molar-refractivity contribution in [3.63, 3.8) is 0 Å². The summed E-state index contributed by atoms with van der Waals surface area (Å²) in [5.74, 6) is 1.14. The molecule has 4 heteroatoms. The third-order valence-corrected chi connectivity index (χ3v) is 2.75. The minimum atomic E-state index is -0.832. The molecule has 0 fully saturated rings. The van der Waals surface area contributed by atoms with Crippen molar-refractivity contribution in [3.05, 3.63) is 24.3 Å². The Bertz CT molecular complexity index is 424. The van der Waals surface area contributed by atoms with Crippen molar-refractivity contribution in [2.75, 3.05) is 18.5 Å². The lowest BCUT2D eigenvalue weighted by molar-refractivity contribution is -0.136. The van der Waals surface area contributed by atoms with E-state index >= 15 is 0 Å². The van der Waals surface area contributed by atoms with E-state index < -0.39 is 5.60 Å². The summed E-state index contributed by atoms with van der Waals surface area (Å²) in [4.78, 5) is 12.1. The molecule has 4 nitrogen and oxygen atoms in total. The second kappa shape index (κ2) is 7.29. The van der Waals surface area contributed by atoms with Crippen molar-refractivity contribution < 1.29 is 14.3 Å². The molecule has 1 N–H and O–H groups in total. The van der Waals surface area contributed by atoms with Crippen molar-refractivity contribution in [2.45, 2.75) is 40.2 Å². The van der Waals surface area contributed by atoms with Gasteiger partial charge in [0.1, 0.15) is 11.4 Å². The highest BCUT2D eigenvalue weighted by Gasteiger charge is 2.27. The first-order chi connectivity index (χ1) is 9.35. The zero-order valence-electron chi connectivity index (χ0n) is 13.0. The second-order valence-corrected chi connectivity index (χ2v) is 5.63. The Kier molecular flexibility index (Phi) is 6.02. The molecule has 0 unspecified atom stereocenters. The first-order valence-corrected chi connectivity index (χ1v) is 7.03. The van der Waals surface area contributed by atoms with Gasteiger partial charge in [-0.05, 0) is 51.0 Å². The normalized spacial score (nSPS) is 11.5. The van der Waals surface area contributed by atoms with Crippen LogP contribution in [0.4, 0.5) is 5.69 Å². The van der Waals surface area contributed by atoms with E-state index in [-0.39, 0.29) is 5.91 Å². The maximum atomic E-state index is 12.1. The number of hydrogen-bond acceptors (Lipinski definition) is 3. The Morgan fingerprint density at radius 2 is 1.85 bits per heavy atom. The van der Waals surface area contributed by atoms with Crippen molar-refractivity contribution in [1.29, 1.82) is 0 Å². The van der Waals surface area contributed by atoms with Gasteiger partial charge in [-0.25, -0.2) is 0 Å². The van der Waals surface area contributed by atoms with Crippen LogP contribution in [0.1, 0.15) is 34.6 Å². The summed E-state index contributed by atoms with van der Waals surface area (Å²) in [6.45, 7) is 10.8. The van der Waals surface area contributed by atoms with Crippen molar-refractivity contribution in [1.82, 2.24) is 0 Å². The van der Waals surface area contributed by atoms with Crippen LogP contribution in [-0.2, 0) is 9.53 Å². The number of anilines is 1. The van der Waals surface area contributed by atoms with Gasteiger partial charge in [0.15, 0.2) is 0 Å². The van der Waals surface area contributed by atoms with E-state index in [2.05, 4.69) is 19.2 Å². The molecule has 0 aromatic heterocycles. The van der Waals surface area contributed by atoms with Crippen LogP contribution in [0.2, 0.25) is 0 Å². The number of hydrogen-bond donors (Lipinski definition) is 1. The smallest absolute Gasteiger partial charge is 0.256 e. The molecule has 1 rings (SSSR count). The van der Waals surface area contributed by atoms with E-state index in [0.29, 0.717) is 19.1 Å². The number of carbonyl (C=O) groups excluding carboxylic acids is 1. The summed E-state index contributed by atoms with van der Waals surface area (Å²) in [5, 5.41) is 2.84. The Balaban J connectivity index is 2.59. The Hall–Kier alpha value is -1.55. The van der Waals surface area contributed by atoms with Crippen LogP contribution < -0.4 is 10.1 Å². The van der Waals surface area contributed by atoms with Crippen LogP contribution in [0.15, 0.2) is 24.3 Å². The van der Waals surface area contributed by atoms with E-state index in [0.717, 1.165) is 11.4 Å². The third-order valence-electron chi connectivity index (χ3n) is 2.75. The largest absolute Gasteiger partial charge is 0.493 e. The molecule has 0 aliphatic carbocycles. The van der Waals surface area contributed by atoms with Gasteiger partial charge in [-0.1, -0.05) is 13.8 Å². The molecule has 1 aromatic rings. The number of nitrogens with one attached hydrogen (secondary N) is 1. The summed E-state index contributed by atoms with van der Waals surface area (Å²) in [7, 11) is 0. The molecule has 112 valence electrons. The summed E-state index contributed by atoms with van der Waals surface area (Å²) in [6.07, 6.45) is 0. The first kappa shape index (κ1) is 16.5. The topological polar surface area (TPSA) is 47.6 Å². The van der Waals surface area contributed by atoms with Gasteiger partial charge in [0.05, 0.1) is 6.61 Å². The average molecular weight is 279 g/mol. The highest BCUT2D eigenvalue weighted by Crippen LogP contribution is 2.18. The lowest BCUT2D eigenvalue weighted by Crippen LogP contribution is -2.39. The fourth-order valence-electron chi connectivity index (χ4n) is 1.61. The van der Waals surface area contributed by atoms with Crippen LogP contribution in [0.25, 0.3) is 0 Å². The second-order valence-electron chi connectivity index (χ2n) is 5.63. The van der Waals surface area contributed by atoms with Gasteiger partial charge in [-0.15, -0.1) is 0 Å². The molecule has 0 aliphatic rings. The minimum absolute atomic E-state index is 0.157. The molecule has 1 amide bonds. The summed E-state index contributed by atoms with van der Waals surface area (Å²) >= 11 is 0. The molecular weight excluding hydrogens is 254 g/mol. The highest BCUT2D eigenvalue weighted by atomic mass is 16.5. The van der Waals surface area contributed by atoms with E-state index in [4.69, 9.17) is 9.47 Å². The molecule has 0 atom stereocenters. The molecule has 0 heterocycles. The molecule has 20 heavy (non-hydrogen) atoms. The molecule has 1 aromatic carbocycles. The molecular formula is C16H25NO3. The standard InChI is InChI=1S/C16H25NO3/c1-6-20-16(4,5)15(18)17-13-7-9-14(10-8-13)19-11-12(2)3/h7-10,12H,6,11H2,1-5H3,(H,17,18). The first-order valence-electron chi connectivity index (χ1n) is 7.03. The third kappa shape index (κ3) is 5.21. The van der Waals surface area contributed by atoms with E-state index in [9.17, 15) is 4.79 Å². The zero-order valence-corrected chi connectivity index (χ0v) is 13.0. The fraction of sp³-hybridized carbons (Fsp3) is 0.562. The van der Waals surface area contributed by atoms with Gasteiger partial charge in [0.25, 0.3) is 5.91 Å². The molecule has 0 saturated heterocycles. The Labute approximate surface area is 121 Å². The summed E-state index contributed by atoms with van der Waals surface area (Å²) in [6, 6.07) is 7.36. The highest BCUT2D eigenvalue weighted by molar-refractivity contribution is 5.96. The minimum Gasteiger partial charge on any atom is -0.493 e. The van der Waals surface area contributed by atoms with Gasteiger partial charge in [-0.2, -0.15) is 0 Å². The predicted molar refractivity (Wildman–Crippen MR) is 81.1 cm³/mol. The molecule has 0 radical (unpaired) electrons. The molecule has 0 spiro atoms. The van der Waals surface area contributed by atoms with Crippen LogP contribution >= 0.6 is 0 Å². The van der Waals surface area contributed by atoms with Crippen molar-refractivity contribution in [3.8, 4) is 5.75 Å². The predicted octanol–water partition coefficient (Wildman–Crippen LogP) is 3.48. The maximum absolute atomic E-state index is 12.1. The monoisotopic (exact) mass is 279 g/mol. The van der Waals surface area contributed by atoms with Gasteiger partial charge < -0.3 is 14.8 Å². The lowest BCUT2D eigenvalue weighted by Gasteiger charge is -2.23. The molecule has 0 saturated carbocycles. The van der Waals surface area contributed by atoms with E-state index in [1.54, 1.807) is 13.8 Å². The number of rotatable bonds is 7. The quantitative estimate of drug-likeness (QED) is 0.831. The van der Waals surface area contributed by atoms with Crippen molar-refractivity contribution >= 4 is 11.6 Å². The number of amides is 1. The SMILES string of the molecule is CCOC(C)(C)C(=O)Nc1ccc(OCC(C)C)cc1. The van der Waals surface area contributed by atoms with Crippen LogP contribution in [-0.4, -0.2) is 24.7 Å².